The molecule has 2 aromatic rings. The van der Waals surface area contributed by atoms with Crippen LogP contribution in [0.2, 0.25) is 0 Å². The number of nitrogens with zero attached hydrogens (tertiary/aromatic N) is 2. The number of aryl methyl sites for hydroxylation is 2. The fraction of sp³-hybridized carbons (Fsp3) is 0.143. The van der Waals surface area contributed by atoms with E-state index in [-0.39, 0.29) is 11.1 Å². The van der Waals surface area contributed by atoms with Crippen LogP contribution >= 0.6 is 0 Å². The maximum Gasteiger partial charge on any atom is 0.311 e. The van der Waals surface area contributed by atoms with Crippen LogP contribution in [0.1, 0.15) is 11.1 Å². The van der Waals surface area contributed by atoms with Gasteiger partial charge in [0, 0.05) is 23.3 Å². The van der Waals surface area contributed by atoms with Crippen molar-refractivity contribution in [3.8, 4) is 22.6 Å². The Labute approximate surface area is 124 Å². The van der Waals surface area contributed by atoms with Crippen molar-refractivity contribution in [1.29, 1.82) is 0 Å². The number of hydrogen-bond acceptors (Lipinski definition) is 6. The summed E-state index contributed by atoms with van der Waals surface area (Å²) in [6, 6.07) is 5.20. The van der Waals surface area contributed by atoms with Gasteiger partial charge in [-0.2, -0.15) is 0 Å². The quantitative estimate of drug-likeness (QED) is 0.662. The highest BCUT2D eigenvalue weighted by atomic mass is 16.6. The lowest BCUT2D eigenvalue weighted by molar-refractivity contribution is -0.386. The summed E-state index contributed by atoms with van der Waals surface area (Å²) in [6.07, 6.45) is 0. The van der Waals surface area contributed by atoms with Crippen LogP contribution < -0.4 is 0 Å². The molecule has 0 fully saturated rings. The molecule has 0 bridgehead atoms. The standard InChI is InChI=1S/C14H12N2O6/c1-7-3-9(13(17)11(5-7)15(19)20)10-4-8(2)6-12(14(10)18)16(21)22/h3-6,17-18H,1-2H3. The normalized spacial score (nSPS) is 10.5. The number of benzene rings is 2. The van der Waals surface area contributed by atoms with Crippen LogP contribution in [0.25, 0.3) is 11.1 Å². The van der Waals surface area contributed by atoms with Crippen molar-refractivity contribution in [3.05, 3.63) is 55.6 Å². The molecule has 2 N–H and O–H groups in total. The maximum absolute atomic E-state index is 11.0. The summed E-state index contributed by atoms with van der Waals surface area (Å²) in [6.45, 7) is 3.16. The summed E-state index contributed by atoms with van der Waals surface area (Å²) in [7, 11) is 0. The van der Waals surface area contributed by atoms with Gasteiger partial charge in [-0.25, -0.2) is 0 Å². The Balaban J connectivity index is 2.83. The number of aromatic hydroxyl groups is 2. The monoisotopic (exact) mass is 304 g/mol. The molecule has 114 valence electrons. The van der Waals surface area contributed by atoms with Crippen LogP contribution in [-0.2, 0) is 0 Å². The van der Waals surface area contributed by atoms with E-state index in [1.807, 2.05) is 0 Å². The number of phenols is 2. The molecule has 0 saturated heterocycles. The predicted octanol–water partition coefficient (Wildman–Crippen LogP) is 3.20. The van der Waals surface area contributed by atoms with Crippen LogP contribution in [0, 0.1) is 34.1 Å². The van der Waals surface area contributed by atoms with Crippen LogP contribution in [0.15, 0.2) is 24.3 Å². The first kappa shape index (κ1) is 15.2. The molecular weight excluding hydrogens is 292 g/mol. The molecule has 0 aliphatic rings. The van der Waals surface area contributed by atoms with Crippen molar-refractivity contribution in [3.63, 3.8) is 0 Å². The molecule has 0 aliphatic carbocycles. The number of hydrogen-bond donors (Lipinski definition) is 2. The van der Waals surface area contributed by atoms with E-state index in [4.69, 9.17) is 0 Å². The summed E-state index contributed by atoms with van der Waals surface area (Å²) in [5, 5.41) is 42.0. The van der Waals surface area contributed by atoms with Crippen molar-refractivity contribution in [1.82, 2.24) is 0 Å². The van der Waals surface area contributed by atoms with Crippen LogP contribution in [0.4, 0.5) is 11.4 Å². The van der Waals surface area contributed by atoms with E-state index in [0.29, 0.717) is 11.1 Å². The van der Waals surface area contributed by atoms with Crippen LogP contribution in [-0.4, -0.2) is 20.1 Å². The first-order chi connectivity index (χ1) is 10.2. The van der Waals surface area contributed by atoms with Crippen molar-refractivity contribution in [2.75, 3.05) is 0 Å². The van der Waals surface area contributed by atoms with Gasteiger partial charge in [0.15, 0.2) is 0 Å². The molecule has 0 saturated carbocycles. The lowest BCUT2D eigenvalue weighted by atomic mass is 9.98. The fourth-order valence-corrected chi connectivity index (χ4v) is 2.21. The summed E-state index contributed by atoms with van der Waals surface area (Å²) in [5.41, 5.74) is -0.171. The molecule has 22 heavy (non-hydrogen) atoms. The van der Waals surface area contributed by atoms with Crippen molar-refractivity contribution in [2.45, 2.75) is 13.8 Å². The molecule has 8 heteroatoms. The Morgan fingerprint density at radius 1 is 0.773 bits per heavy atom. The minimum atomic E-state index is -0.757. The SMILES string of the molecule is Cc1cc(-c2cc(C)cc([N+](=O)[O-])c2O)c(O)c([N+](=O)[O-])c1. The second-order valence-electron chi connectivity index (χ2n) is 4.87. The minimum absolute atomic E-state index is 0.0315. The molecule has 0 unspecified atom stereocenters. The van der Waals surface area contributed by atoms with Gasteiger partial charge in [0.25, 0.3) is 0 Å². The van der Waals surface area contributed by atoms with Crippen LogP contribution in [0.3, 0.4) is 0 Å². The zero-order chi connectivity index (χ0) is 16.6. The molecule has 0 aromatic heterocycles. The minimum Gasteiger partial charge on any atom is -0.502 e. The van der Waals surface area contributed by atoms with Gasteiger partial charge in [0.2, 0.25) is 11.5 Å². The van der Waals surface area contributed by atoms with Crippen LogP contribution in [0.5, 0.6) is 11.5 Å². The zero-order valence-electron chi connectivity index (χ0n) is 11.7. The van der Waals surface area contributed by atoms with E-state index in [1.54, 1.807) is 13.8 Å². The second kappa shape index (κ2) is 5.32. The van der Waals surface area contributed by atoms with Crippen molar-refractivity contribution >= 4 is 11.4 Å². The lowest BCUT2D eigenvalue weighted by Crippen LogP contribution is -1.95. The Hall–Kier alpha value is -3.16. The zero-order valence-corrected chi connectivity index (χ0v) is 11.7. The Morgan fingerprint density at radius 2 is 1.09 bits per heavy atom. The number of phenolic OH excluding ortho intramolecular Hbond substituents is 2. The molecule has 0 atom stereocenters. The third-order valence-corrected chi connectivity index (χ3v) is 3.15. The molecule has 0 aliphatic heterocycles. The molecule has 0 amide bonds. The number of nitro groups is 2. The average molecular weight is 304 g/mol. The summed E-state index contributed by atoms with van der Waals surface area (Å²) < 4.78 is 0. The van der Waals surface area contributed by atoms with Gasteiger partial charge < -0.3 is 10.2 Å². The third-order valence-electron chi connectivity index (χ3n) is 3.15. The second-order valence-corrected chi connectivity index (χ2v) is 4.87. The highest BCUT2D eigenvalue weighted by molar-refractivity contribution is 5.83. The first-order valence-corrected chi connectivity index (χ1v) is 6.18. The molecule has 2 aromatic carbocycles. The van der Waals surface area contributed by atoms with Gasteiger partial charge in [-0.15, -0.1) is 0 Å². The topological polar surface area (TPSA) is 127 Å². The molecular formula is C14H12N2O6. The maximum atomic E-state index is 11.0. The third kappa shape index (κ3) is 2.53. The van der Waals surface area contributed by atoms with E-state index >= 15 is 0 Å². The van der Waals surface area contributed by atoms with Crippen molar-refractivity contribution in [2.24, 2.45) is 0 Å². The highest BCUT2D eigenvalue weighted by Gasteiger charge is 2.25. The Bertz CT molecular complexity index is 733. The summed E-state index contributed by atoms with van der Waals surface area (Å²) >= 11 is 0. The first-order valence-electron chi connectivity index (χ1n) is 6.18. The molecule has 2 rings (SSSR count). The molecule has 0 radical (unpaired) electrons. The van der Waals surface area contributed by atoms with Gasteiger partial charge in [-0.3, -0.25) is 20.2 Å². The van der Waals surface area contributed by atoms with E-state index in [0.717, 1.165) is 0 Å². The molecule has 0 spiro atoms. The van der Waals surface area contributed by atoms with E-state index < -0.39 is 32.7 Å². The fourth-order valence-electron chi connectivity index (χ4n) is 2.21. The van der Waals surface area contributed by atoms with Gasteiger partial charge in [0.05, 0.1) is 9.85 Å². The molecule has 8 nitrogen and oxygen atoms in total. The van der Waals surface area contributed by atoms with Gasteiger partial charge in [-0.1, -0.05) is 0 Å². The molecule has 0 heterocycles. The van der Waals surface area contributed by atoms with E-state index in [9.17, 15) is 30.4 Å². The largest absolute Gasteiger partial charge is 0.502 e. The Kier molecular flexibility index (Phi) is 3.68. The lowest BCUT2D eigenvalue weighted by Gasteiger charge is -2.10. The highest BCUT2D eigenvalue weighted by Crippen LogP contribution is 2.44. The summed E-state index contributed by atoms with van der Waals surface area (Å²) in [4.78, 5) is 20.4. The van der Waals surface area contributed by atoms with Gasteiger partial charge in [0.1, 0.15) is 0 Å². The van der Waals surface area contributed by atoms with E-state index in [2.05, 4.69) is 0 Å². The van der Waals surface area contributed by atoms with Crippen molar-refractivity contribution < 1.29 is 20.1 Å². The number of nitro benzene ring substituents is 2. The predicted molar refractivity (Wildman–Crippen MR) is 78.0 cm³/mol. The van der Waals surface area contributed by atoms with Gasteiger partial charge in [-0.05, 0) is 37.1 Å². The van der Waals surface area contributed by atoms with E-state index in [1.165, 1.54) is 24.3 Å². The summed E-state index contributed by atoms with van der Waals surface area (Å²) in [5.74, 6) is -1.29. The average Bonchev–Trinajstić information content (AvgIpc) is 2.42. The van der Waals surface area contributed by atoms with Gasteiger partial charge >= 0.3 is 11.4 Å². The Morgan fingerprint density at radius 3 is 1.36 bits per heavy atom. The number of rotatable bonds is 3. The smallest absolute Gasteiger partial charge is 0.311 e.